The Balaban J connectivity index is 1.70. The number of carbonyl (C=O) groups is 1. The van der Waals surface area contributed by atoms with Crippen molar-refractivity contribution in [3.05, 3.63) is 84.2 Å². The van der Waals surface area contributed by atoms with Crippen molar-refractivity contribution in [2.45, 2.75) is 13.0 Å². The van der Waals surface area contributed by atoms with E-state index in [0.717, 1.165) is 16.9 Å². The molecule has 2 aromatic carbocycles. The largest absolute Gasteiger partial charge is 0.378 e. The van der Waals surface area contributed by atoms with Crippen LogP contribution >= 0.6 is 0 Å². The monoisotopic (exact) mass is 333 g/mol. The first kappa shape index (κ1) is 16.8. The second-order valence-electron chi connectivity index (χ2n) is 6.32. The maximum atomic E-state index is 12.5. The fraction of sp³-hybridized carbons (Fsp3) is 0.190. The zero-order chi connectivity index (χ0) is 17.8. The average molecular weight is 333 g/mol. The molecule has 0 aliphatic rings. The van der Waals surface area contributed by atoms with E-state index < -0.39 is 0 Å². The van der Waals surface area contributed by atoms with Gasteiger partial charge in [-0.25, -0.2) is 0 Å². The van der Waals surface area contributed by atoms with Gasteiger partial charge in [-0.3, -0.25) is 4.79 Å². The molecule has 1 unspecified atom stereocenters. The van der Waals surface area contributed by atoms with E-state index in [0.29, 0.717) is 5.56 Å². The minimum atomic E-state index is -0.0642. The van der Waals surface area contributed by atoms with Gasteiger partial charge in [0.1, 0.15) is 0 Å². The van der Waals surface area contributed by atoms with Crippen LogP contribution in [0.2, 0.25) is 0 Å². The van der Waals surface area contributed by atoms with E-state index in [1.54, 1.807) is 0 Å². The Morgan fingerprint density at radius 1 is 1.00 bits per heavy atom. The molecule has 0 aliphatic heterocycles. The standard InChI is InChI=1S/C21H23N3O/c1-16(17-9-11-19(12-10-17)24-13-4-5-14-24)22-21(25)18-7-6-8-20(15-18)23(2)3/h4-16H,1-3H3,(H,22,25). The predicted octanol–water partition coefficient (Wildman–Crippen LogP) is 4.03. The Labute approximate surface area is 148 Å². The molecule has 1 aromatic heterocycles. The fourth-order valence-electron chi connectivity index (χ4n) is 2.73. The molecule has 128 valence electrons. The summed E-state index contributed by atoms with van der Waals surface area (Å²) in [6.45, 7) is 2.00. The van der Waals surface area contributed by atoms with Gasteiger partial charge in [0, 0.05) is 43.4 Å². The van der Waals surface area contributed by atoms with Crippen LogP contribution in [0.4, 0.5) is 5.69 Å². The Hall–Kier alpha value is -3.01. The third-order valence-electron chi connectivity index (χ3n) is 4.27. The molecule has 25 heavy (non-hydrogen) atoms. The molecule has 0 aliphatic carbocycles. The van der Waals surface area contributed by atoms with E-state index in [9.17, 15) is 4.79 Å². The van der Waals surface area contributed by atoms with Crippen LogP contribution in [0.3, 0.4) is 0 Å². The predicted molar refractivity (Wildman–Crippen MR) is 102 cm³/mol. The van der Waals surface area contributed by atoms with Crippen molar-refractivity contribution in [1.29, 1.82) is 0 Å². The molecule has 0 spiro atoms. The number of benzene rings is 2. The number of carbonyl (C=O) groups excluding carboxylic acids is 1. The van der Waals surface area contributed by atoms with Gasteiger partial charge in [-0.1, -0.05) is 18.2 Å². The molecule has 3 rings (SSSR count). The first-order chi connectivity index (χ1) is 12.0. The smallest absolute Gasteiger partial charge is 0.251 e. The van der Waals surface area contributed by atoms with E-state index in [-0.39, 0.29) is 11.9 Å². The quantitative estimate of drug-likeness (QED) is 0.765. The molecule has 0 saturated carbocycles. The number of anilines is 1. The summed E-state index contributed by atoms with van der Waals surface area (Å²) >= 11 is 0. The molecule has 0 bridgehead atoms. The molecule has 0 fully saturated rings. The highest BCUT2D eigenvalue weighted by Gasteiger charge is 2.12. The number of amides is 1. The van der Waals surface area contributed by atoms with Crippen LogP contribution in [0.5, 0.6) is 0 Å². The van der Waals surface area contributed by atoms with E-state index in [1.807, 2.05) is 74.7 Å². The fourth-order valence-corrected chi connectivity index (χ4v) is 2.73. The van der Waals surface area contributed by atoms with Gasteiger partial charge in [-0.05, 0) is 55.0 Å². The lowest BCUT2D eigenvalue weighted by atomic mass is 10.1. The van der Waals surface area contributed by atoms with Crippen molar-refractivity contribution in [3.63, 3.8) is 0 Å². The highest BCUT2D eigenvalue weighted by molar-refractivity contribution is 5.95. The summed E-state index contributed by atoms with van der Waals surface area (Å²) in [5, 5.41) is 3.07. The Morgan fingerprint density at radius 3 is 2.32 bits per heavy atom. The van der Waals surface area contributed by atoms with Crippen molar-refractivity contribution in [2.75, 3.05) is 19.0 Å². The van der Waals surface area contributed by atoms with Gasteiger partial charge < -0.3 is 14.8 Å². The Morgan fingerprint density at radius 2 is 1.68 bits per heavy atom. The number of rotatable bonds is 5. The lowest BCUT2D eigenvalue weighted by Crippen LogP contribution is -2.26. The minimum absolute atomic E-state index is 0.0609. The molecule has 1 amide bonds. The van der Waals surface area contributed by atoms with Crippen LogP contribution in [0.1, 0.15) is 28.9 Å². The lowest BCUT2D eigenvalue weighted by Gasteiger charge is -2.17. The van der Waals surface area contributed by atoms with Gasteiger partial charge >= 0.3 is 0 Å². The van der Waals surface area contributed by atoms with Crippen molar-refractivity contribution >= 4 is 11.6 Å². The SMILES string of the molecule is CC(NC(=O)c1cccc(N(C)C)c1)c1ccc(-n2cccc2)cc1. The molecule has 0 radical (unpaired) electrons. The maximum absolute atomic E-state index is 12.5. The molecule has 4 nitrogen and oxygen atoms in total. The molecule has 1 heterocycles. The normalized spacial score (nSPS) is 11.8. The first-order valence-electron chi connectivity index (χ1n) is 8.36. The molecule has 3 aromatic rings. The summed E-state index contributed by atoms with van der Waals surface area (Å²) in [6, 6.07) is 19.8. The van der Waals surface area contributed by atoms with Crippen LogP contribution in [-0.4, -0.2) is 24.6 Å². The molecule has 1 N–H and O–H groups in total. The highest BCUT2D eigenvalue weighted by Crippen LogP contribution is 2.18. The van der Waals surface area contributed by atoms with Crippen LogP contribution in [0.25, 0.3) is 5.69 Å². The van der Waals surface area contributed by atoms with E-state index >= 15 is 0 Å². The molecule has 0 saturated heterocycles. The summed E-state index contributed by atoms with van der Waals surface area (Å²) in [7, 11) is 3.93. The van der Waals surface area contributed by atoms with Crippen LogP contribution < -0.4 is 10.2 Å². The van der Waals surface area contributed by atoms with Crippen molar-refractivity contribution < 1.29 is 4.79 Å². The second-order valence-corrected chi connectivity index (χ2v) is 6.32. The Bertz CT molecular complexity index is 836. The average Bonchev–Trinajstić information content (AvgIpc) is 3.16. The third kappa shape index (κ3) is 3.91. The van der Waals surface area contributed by atoms with E-state index in [1.165, 1.54) is 0 Å². The van der Waals surface area contributed by atoms with Gasteiger partial charge in [-0.15, -0.1) is 0 Å². The van der Waals surface area contributed by atoms with Crippen molar-refractivity contribution in [3.8, 4) is 5.69 Å². The summed E-state index contributed by atoms with van der Waals surface area (Å²) in [5.74, 6) is -0.0642. The van der Waals surface area contributed by atoms with Gasteiger partial charge in [0.15, 0.2) is 0 Å². The summed E-state index contributed by atoms with van der Waals surface area (Å²) in [6.07, 6.45) is 4.02. The zero-order valence-electron chi connectivity index (χ0n) is 14.8. The van der Waals surface area contributed by atoms with Gasteiger partial charge in [0.25, 0.3) is 5.91 Å². The zero-order valence-corrected chi connectivity index (χ0v) is 14.8. The number of aromatic nitrogens is 1. The molecule has 4 heteroatoms. The summed E-state index contributed by atoms with van der Waals surface area (Å²) in [5.41, 5.74) is 3.86. The minimum Gasteiger partial charge on any atom is -0.378 e. The maximum Gasteiger partial charge on any atom is 0.251 e. The van der Waals surface area contributed by atoms with E-state index in [2.05, 4.69) is 34.1 Å². The van der Waals surface area contributed by atoms with Crippen molar-refractivity contribution in [2.24, 2.45) is 0 Å². The lowest BCUT2D eigenvalue weighted by molar-refractivity contribution is 0.0940. The van der Waals surface area contributed by atoms with Gasteiger partial charge in [0.05, 0.1) is 6.04 Å². The van der Waals surface area contributed by atoms with Gasteiger partial charge in [0.2, 0.25) is 0 Å². The molecular formula is C21H23N3O. The van der Waals surface area contributed by atoms with E-state index in [4.69, 9.17) is 0 Å². The Kier molecular flexibility index (Phi) is 4.89. The second kappa shape index (κ2) is 7.26. The van der Waals surface area contributed by atoms with Crippen LogP contribution in [0, 0.1) is 0 Å². The number of hydrogen-bond donors (Lipinski definition) is 1. The molecular weight excluding hydrogens is 310 g/mol. The van der Waals surface area contributed by atoms with Crippen LogP contribution in [0.15, 0.2) is 73.1 Å². The summed E-state index contributed by atoms with van der Waals surface area (Å²) < 4.78 is 2.06. The summed E-state index contributed by atoms with van der Waals surface area (Å²) in [4.78, 5) is 14.5. The number of hydrogen-bond acceptors (Lipinski definition) is 2. The topological polar surface area (TPSA) is 37.3 Å². The first-order valence-corrected chi connectivity index (χ1v) is 8.36. The highest BCUT2D eigenvalue weighted by atomic mass is 16.1. The van der Waals surface area contributed by atoms with Gasteiger partial charge in [-0.2, -0.15) is 0 Å². The molecule has 1 atom stereocenters. The van der Waals surface area contributed by atoms with Crippen molar-refractivity contribution in [1.82, 2.24) is 9.88 Å². The third-order valence-corrected chi connectivity index (χ3v) is 4.27. The number of nitrogens with one attached hydrogen (secondary N) is 1. The van der Waals surface area contributed by atoms with Crippen LogP contribution in [-0.2, 0) is 0 Å². The number of nitrogens with zero attached hydrogens (tertiary/aromatic N) is 2.